The molecule has 1 unspecified atom stereocenters. The molecule has 0 saturated carbocycles. The van der Waals surface area contributed by atoms with Crippen LogP contribution in [0.15, 0.2) is 32.8 Å². The van der Waals surface area contributed by atoms with E-state index in [1.165, 1.54) is 10.8 Å². The Labute approximate surface area is 163 Å². The number of aromatic nitrogens is 2. The summed E-state index contributed by atoms with van der Waals surface area (Å²) < 4.78 is 6.39. The number of rotatable bonds is 5. The van der Waals surface area contributed by atoms with Crippen LogP contribution < -0.4 is 5.56 Å². The molecule has 2 rings (SSSR count). The van der Waals surface area contributed by atoms with E-state index in [4.69, 9.17) is 16.3 Å². The number of esters is 1. The first-order valence-corrected chi connectivity index (χ1v) is 8.84. The molecule has 0 fully saturated rings. The second kappa shape index (κ2) is 8.39. The maximum atomic E-state index is 13.0. The summed E-state index contributed by atoms with van der Waals surface area (Å²) in [7, 11) is 7.37. The van der Waals surface area contributed by atoms with Crippen LogP contribution in [-0.4, -0.2) is 66.5 Å². The Bertz CT molecular complexity index is 883. The third-order valence-corrected chi connectivity index (χ3v) is 4.21. The van der Waals surface area contributed by atoms with Gasteiger partial charge in [0.15, 0.2) is 5.82 Å². The van der Waals surface area contributed by atoms with Crippen molar-refractivity contribution in [2.75, 3.05) is 34.8 Å². The summed E-state index contributed by atoms with van der Waals surface area (Å²) in [5.74, 6) is -0.394. The molecule has 8 nitrogen and oxygen atoms in total. The van der Waals surface area contributed by atoms with Gasteiger partial charge in [0.05, 0.1) is 24.0 Å². The van der Waals surface area contributed by atoms with Crippen LogP contribution in [-0.2, 0) is 4.74 Å². The number of ether oxygens (including phenoxy) is 1. The first kappa shape index (κ1) is 20.7. The van der Waals surface area contributed by atoms with E-state index in [1.54, 1.807) is 18.2 Å². The van der Waals surface area contributed by atoms with Crippen molar-refractivity contribution in [2.24, 2.45) is 4.99 Å². The van der Waals surface area contributed by atoms with Crippen LogP contribution in [0.5, 0.6) is 0 Å². The topological polar surface area (TPSA) is 80.0 Å². The van der Waals surface area contributed by atoms with Gasteiger partial charge in [0, 0.05) is 46.2 Å². The molecule has 1 aliphatic heterocycles. The highest BCUT2D eigenvalue weighted by Gasteiger charge is 2.31. The van der Waals surface area contributed by atoms with Crippen LogP contribution in [0.1, 0.15) is 36.1 Å². The molecule has 0 aromatic carbocycles. The first-order valence-electron chi connectivity index (χ1n) is 8.46. The van der Waals surface area contributed by atoms with E-state index in [1.807, 2.05) is 46.2 Å². The molecule has 1 atom stereocenters. The van der Waals surface area contributed by atoms with Gasteiger partial charge in [-0.05, 0) is 13.8 Å². The summed E-state index contributed by atoms with van der Waals surface area (Å²) in [6.45, 7) is 3.68. The van der Waals surface area contributed by atoms with Gasteiger partial charge < -0.3 is 14.5 Å². The smallest absolute Gasteiger partial charge is 0.345 e. The van der Waals surface area contributed by atoms with Crippen LogP contribution in [0.25, 0.3) is 5.70 Å². The Kier molecular flexibility index (Phi) is 6.43. The average Bonchev–Trinajstić information content (AvgIpc) is 2.58. The zero-order valence-electron chi connectivity index (χ0n) is 16.4. The van der Waals surface area contributed by atoms with Crippen LogP contribution in [0.3, 0.4) is 0 Å². The summed E-state index contributed by atoms with van der Waals surface area (Å²) in [4.78, 5) is 37.4. The number of aliphatic imine (C=N–C) groups is 1. The molecule has 0 radical (unpaired) electrons. The monoisotopic (exact) mass is 393 g/mol. The molecule has 0 amide bonds. The summed E-state index contributed by atoms with van der Waals surface area (Å²) in [5.41, 5.74) is 0.456. The zero-order valence-corrected chi connectivity index (χ0v) is 17.1. The predicted molar refractivity (Wildman–Crippen MR) is 106 cm³/mol. The fraction of sp³-hybridized carbons (Fsp3) is 0.444. The van der Waals surface area contributed by atoms with Crippen molar-refractivity contribution in [3.05, 3.63) is 44.7 Å². The van der Waals surface area contributed by atoms with Gasteiger partial charge >= 0.3 is 5.97 Å². The molecule has 0 saturated heterocycles. The van der Waals surface area contributed by atoms with Gasteiger partial charge in [0.25, 0.3) is 5.56 Å². The normalized spacial score (nSPS) is 18.0. The van der Waals surface area contributed by atoms with Crippen molar-refractivity contribution in [3.63, 3.8) is 0 Å². The molecule has 0 spiro atoms. The molecule has 27 heavy (non-hydrogen) atoms. The Morgan fingerprint density at radius 2 is 2.04 bits per heavy atom. The van der Waals surface area contributed by atoms with E-state index in [2.05, 4.69) is 9.98 Å². The number of hydrogen-bond donors (Lipinski definition) is 0. The number of allylic oxidation sites excluding steroid dienone is 2. The molecule has 0 N–H and O–H groups in total. The van der Waals surface area contributed by atoms with Crippen molar-refractivity contribution in [1.29, 1.82) is 0 Å². The highest BCUT2D eigenvalue weighted by molar-refractivity contribution is 6.35. The Hall–Kier alpha value is -2.61. The molecule has 146 valence electrons. The third kappa shape index (κ3) is 4.21. The van der Waals surface area contributed by atoms with E-state index in [0.717, 1.165) is 0 Å². The molecule has 9 heteroatoms. The van der Waals surface area contributed by atoms with Gasteiger partial charge in [-0.3, -0.25) is 9.36 Å². The van der Waals surface area contributed by atoms with Gasteiger partial charge in [0.2, 0.25) is 0 Å². The minimum atomic E-state index is -0.699. The van der Waals surface area contributed by atoms with E-state index in [-0.39, 0.29) is 12.2 Å². The standard InChI is InChI=1S/C18H24ClN5O3/c1-7-27-18(26)12-8-20-16-15(21-10-23(5)6)14(19)13(9-22(3)4)11(2)24(16)17(12)25/h8-11H,7H2,1-6H3/b13-9-,21-10?. The number of carbonyl (C=O) groups is 1. The van der Waals surface area contributed by atoms with Crippen LogP contribution in [0.2, 0.25) is 0 Å². The van der Waals surface area contributed by atoms with E-state index < -0.39 is 17.6 Å². The fourth-order valence-electron chi connectivity index (χ4n) is 2.64. The number of halogens is 1. The quantitative estimate of drug-likeness (QED) is 0.432. The Morgan fingerprint density at radius 3 is 2.59 bits per heavy atom. The minimum Gasteiger partial charge on any atom is -0.462 e. The van der Waals surface area contributed by atoms with Crippen molar-refractivity contribution >= 4 is 29.6 Å². The molecule has 1 aromatic heterocycles. The van der Waals surface area contributed by atoms with E-state index >= 15 is 0 Å². The van der Waals surface area contributed by atoms with Crippen molar-refractivity contribution < 1.29 is 9.53 Å². The Balaban J connectivity index is 2.77. The Morgan fingerprint density at radius 1 is 1.37 bits per heavy atom. The maximum Gasteiger partial charge on any atom is 0.345 e. The summed E-state index contributed by atoms with van der Waals surface area (Å²) in [6, 6.07) is -0.428. The van der Waals surface area contributed by atoms with Gasteiger partial charge in [-0.1, -0.05) is 11.6 Å². The van der Waals surface area contributed by atoms with Crippen LogP contribution in [0.4, 0.5) is 0 Å². The van der Waals surface area contributed by atoms with Gasteiger partial charge in [-0.15, -0.1) is 0 Å². The molecule has 0 bridgehead atoms. The fourth-order valence-corrected chi connectivity index (χ4v) is 2.98. The lowest BCUT2D eigenvalue weighted by molar-refractivity contribution is 0.0522. The molecule has 2 heterocycles. The number of fused-ring (bicyclic) bond motifs is 1. The summed E-state index contributed by atoms with van der Waals surface area (Å²) >= 11 is 6.61. The third-order valence-electron chi connectivity index (χ3n) is 3.81. The number of hydrogen-bond acceptors (Lipinski definition) is 6. The van der Waals surface area contributed by atoms with Gasteiger partial charge in [0.1, 0.15) is 11.3 Å². The minimum absolute atomic E-state index is 0.120. The lowest BCUT2D eigenvalue weighted by Crippen LogP contribution is -2.35. The summed E-state index contributed by atoms with van der Waals surface area (Å²) in [5, 5.41) is 0.407. The maximum absolute atomic E-state index is 13.0. The SMILES string of the molecule is CCOC(=O)c1cnc2n(c1=O)C(C)/C(=C/N(C)C)C(Cl)=C2N=CN(C)C. The number of nitrogens with zero attached hydrogens (tertiary/aromatic N) is 5. The molecular formula is C18H24ClN5O3. The van der Waals surface area contributed by atoms with Gasteiger partial charge in [-0.2, -0.15) is 0 Å². The van der Waals surface area contributed by atoms with Crippen molar-refractivity contribution in [2.45, 2.75) is 19.9 Å². The van der Waals surface area contributed by atoms with Crippen molar-refractivity contribution in [1.82, 2.24) is 19.4 Å². The first-order chi connectivity index (χ1) is 12.7. The number of carbonyl (C=O) groups excluding carboxylic acids is 1. The molecule has 1 aliphatic rings. The second-order valence-corrected chi connectivity index (χ2v) is 6.86. The predicted octanol–water partition coefficient (Wildman–Crippen LogP) is 1.94. The highest BCUT2D eigenvalue weighted by Crippen LogP contribution is 2.38. The zero-order chi connectivity index (χ0) is 20.3. The molecular weight excluding hydrogens is 370 g/mol. The second-order valence-electron chi connectivity index (χ2n) is 6.49. The van der Waals surface area contributed by atoms with E-state index in [9.17, 15) is 9.59 Å². The molecule has 1 aromatic rings. The van der Waals surface area contributed by atoms with Crippen LogP contribution >= 0.6 is 11.6 Å². The molecule has 0 aliphatic carbocycles. The lowest BCUT2D eigenvalue weighted by atomic mass is 10.0. The lowest BCUT2D eigenvalue weighted by Gasteiger charge is -2.28. The van der Waals surface area contributed by atoms with Gasteiger partial charge in [-0.25, -0.2) is 14.8 Å². The highest BCUT2D eigenvalue weighted by atomic mass is 35.5. The van der Waals surface area contributed by atoms with Crippen molar-refractivity contribution in [3.8, 4) is 0 Å². The largest absolute Gasteiger partial charge is 0.462 e. The van der Waals surface area contributed by atoms with E-state index in [0.29, 0.717) is 22.1 Å². The summed E-state index contributed by atoms with van der Waals surface area (Å²) in [6.07, 6.45) is 4.62. The van der Waals surface area contributed by atoms with Crippen LogP contribution in [0, 0.1) is 0 Å². The average molecular weight is 394 g/mol.